The zero-order valence-corrected chi connectivity index (χ0v) is 11.8. The molecular weight excluding hydrogens is 296 g/mol. The summed E-state index contributed by atoms with van der Waals surface area (Å²) in [6, 6.07) is 4.49. The fourth-order valence-electron chi connectivity index (χ4n) is 1.62. The van der Waals surface area contributed by atoms with Crippen LogP contribution in [0.4, 0.5) is 5.69 Å². The van der Waals surface area contributed by atoms with Crippen LogP contribution in [0.3, 0.4) is 0 Å². The molecular formula is C12H12N4O4S. The molecule has 0 unspecified atom stereocenters. The van der Waals surface area contributed by atoms with Crippen LogP contribution in [-0.4, -0.2) is 15.8 Å². The molecule has 8 nitrogen and oxygen atoms in total. The van der Waals surface area contributed by atoms with E-state index in [1.165, 1.54) is 12.1 Å². The van der Waals surface area contributed by atoms with Crippen LogP contribution in [0.2, 0.25) is 0 Å². The molecule has 21 heavy (non-hydrogen) atoms. The van der Waals surface area contributed by atoms with Gasteiger partial charge in [-0.1, -0.05) is 0 Å². The van der Waals surface area contributed by atoms with Crippen molar-refractivity contribution in [3.05, 3.63) is 50.0 Å². The van der Waals surface area contributed by atoms with Gasteiger partial charge in [-0.3, -0.25) is 20.3 Å². The Morgan fingerprint density at radius 3 is 2.95 bits per heavy atom. The number of ether oxygens (including phenoxy) is 1. The quantitative estimate of drug-likeness (QED) is 0.374. The molecule has 1 aromatic carbocycles. The topological polar surface area (TPSA) is 120 Å². The zero-order valence-electron chi connectivity index (χ0n) is 11.0. The third-order valence-corrected chi connectivity index (χ3v) is 3.52. The summed E-state index contributed by atoms with van der Waals surface area (Å²) >= 11 is 1.15. The number of nitrogens with two attached hydrogens (primary N) is 1. The SMILES string of the molecule is Cc1cc(OCc2csc(C(=O)NN)n2)ccc1[N+](=O)[O-]. The Balaban J connectivity index is 2.03. The molecule has 1 heterocycles. The molecule has 0 radical (unpaired) electrons. The molecule has 2 aromatic rings. The number of nitrogens with one attached hydrogen (secondary N) is 1. The smallest absolute Gasteiger partial charge is 0.294 e. The Morgan fingerprint density at radius 1 is 1.57 bits per heavy atom. The number of thiazole rings is 1. The van der Waals surface area contributed by atoms with Crippen molar-refractivity contribution in [2.24, 2.45) is 5.84 Å². The van der Waals surface area contributed by atoms with E-state index in [2.05, 4.69) is 4.98 Å². The highest BCUT2D eigenvalue weighted by atomic mass is 32.1. The highest BCUT2D eigenvalue weighted by molar-refractivity contribution is 7.11. The number of rotatable bonds is 5. The Morgan fingerprint density at radius 2 is 2.33 bits per heavy atom. The van der Waals surface area contributed by atoms with Crippen LogP contribution in [0.25, 0.3) is 0 Å². The maximum Gasteiger partial charge on any atom is 0.294 e. The zero-order chi connectivity index (χ0) is 15.4. The predicted octanol–water partition coefficient (Wildman–Crippen LogP) is 1.54. The summed E-state index contributed by atoms with van der Waals surface area (Å²) in [5.74, 6) is 5.05. The predicted molar refractivity (Wildman–Crippen MR) is 75.9 cm³/mol. The van der Waals surface area contributed by atoms with E-state index in [-0.39, 0.29) is 17.3 Å². The molecule has 0 spiro atoms. The lowest BCUT2D eigenvalue weighted by Crippen LogP contribution is -2.29. The summed E-state index contributed by atoms with van der Waals surface area (Å²) in [4.78, 5) is 25.6. The van der Waals surface area contributed by atoms with Crippen molar-refractivity contribution in [3.8, 4) is 5.75 Å². The minimum Gasteiger partial charge on any atom is -0.487 e. The minimum atomic E-state index is -0.461. The van der Waals surface area contributed by atoms with Gasteiger partial charge in [0.15, 0.2) is 5.01 Å². The van der Waals surface area contributed by atoms with Gasteiger partial charge in [0.2, 0.25) is 0 Å². The third kappa shape index (κ3) is 3.52. The van der Waals surface area contributed by atoms with Gasteiger partial charge in [0.1, 0.15) is 12.4 Å². The van der Waals surface area contributed by atoms with Crippen molar-refractivity contribution >= 4 is 22.9 Å². The standard InChI is InChI=1S/C12H12N4O4S/c1-7-4-9(2-3-10(7)16(18)19)20-5-8-6-21-12(14-8)11(17)15-13/h2-4,6H,5,13H2,1H3,(H,15,17). The third-order valence-electron chi connectivity index (χ3n) is 2.63. The Kier molecular flexibility index (Phi) is 4.45. The van der Waals surface area contributed by atoms with E-state index in [1.54, 1.807) is 18.4 Å². The van der Waals surface area contributed by atoms with E-state index in [1.807, 2.05) is 5.43 Å². The summed E-state index contributed by atoms with van der Waals surface area (Å²) in [7, 11) is 0. The molecule has 9 heteroatoms. The van der Waals surface area contributed by atoms with E-state index >= 15 is 0 Å². The summed E-state index contributed by atoms with van der Waals surface area (Å²) in [5.41, 5.74) is 3.13. The first-order chi connectivity index (χ1) is 10.0. The number of carbonyl (C=O) groups excluding carboxylic acids is 1. The summed E-state index contributed by atoms with van der Waals surface area (Å²) in [5, 5.41) is 12.6. The number of carbonyl (C=O) groups is 1. The van der Waals surface area contributed by atoms with E-state index in [4.69, 9.17) is 10.6 Å². The van der Waals surface area contributed by atoms with Gasteiger partial charge >= 0.3 is 0 Å². The monoisotopic (exact) mass is 308 g/mol. The number of hydrogen-bond acceptors (Lipinski definition) is 7. The minimum absolute atomic E-state index is 0.0397. The summed E-state index contributed by atoms with van der Waals surface area (Å²) in [6.07, 6.45) is 0. The van der Waals surface area contributed by atoms with Gasteiger partial charge in [-0.25, -0.2) is 10.8 Å². The number of hydrazine groups is 1. The Bertz CT molecular complexity index is 686. The summed E-state index contributed by atoms with van der Waals surface area (Å²) in [6.45, 7) is 1.79. The van der Waals surface area contributed by atoms with Gasteiger partial charge in [-0.05, 0) is 19.1 Å². The first-order valence-electron chi connectivity index (χ1n) is 5.84. The molecule has 0 fully saturated rings. The molecule has 1 aromatic heterocycles. The van der Waals surface area contributed by atoms with Crippen molar-refractivity contribution in [2.75, 3.05) is 0 Å². The molecule has 0 aliphatic heterocycles. The molecule has 0 saturated carbocycles. The van der Waals surface area contributed by atoms with Gasteiger partial charge in [-0.15, -0.1) is 11.3 Å². The second-order valence-corrected chi connectivity index (χ2v) is 4.97. The Labute approximate surface area is 123 Å². The van der Waals surface area contributed by atoms with Crippen molar-refractivity contribution in [1.29, 1.82) is 0 Å². The molecule has 2 rings (SSSR count). The molecule has 1 amide bonds. The molecule has 0 bridgehead atoms. The summed E-state index contributed by atoms with van der Waals surface area (Å²) < 4.78 is 5.49. The van der Waals surface area contributed by atoms with Crippen LogP contribution in [0.5, 0.6) is 5.75 Å². The highest BCUT2D eigenvalue weighted by Gasteiger charge is 2.12. The maximum absolute atomic E-state index is 11.3. The number of nitro groups is 1. The molecule has 110 valence electrons. The van der Waals surface area contributed by atoms with Gasteiger partial charge < -0.3 is 4.74 Å². The van der Waals surface area contributed by atoms with Crippen LogP contribution in [0, 0.1) is 17.0 Å². The van der Waals surface area contributed by atoms with Crippen molar-refractivity contribution in [2.45, 2.75) is 13.5 Å². The average molecular weight is 308 g/mol. The normalized spacial score (nSPS) is 10.2. The number of aromatic nitrogens is 1. The van der Waals surface area contributed by atoms with Gasteiger partial charge in [0.05, 0.1) is 10.6 Å². The molecule has 0 aliphatic carbocycles. The number of nitrogen functional groups attached to an aromatic ring is 1. The molecule has 0 atom stereocenters. The second kappa shape index (κ2) is 6.29. The van der Waals surface area contributed by atoms with Crippen molar-refractivity contribution < 1.29 is 14.5 Å². The molecule has 0 aliphatic rings. The number of benzene rings is 1. The largest absolute Gasteiger partial charge is 0.487 e. The second-order valence-electron chi connectivity index (χ2n) is 4.11. The lowest BCUT2D eigenvalue weighted by atomic mass is 10.2. The highest BCUT2D eigenvalue weighted by Crippen LogP contribution is 2.23. The average Bonchev–Trinajstić information content (AvgIpc) is 2.92. The van der Waals surface area contributed by atoms with Crippen LogP contribution in [0.15, 0.2) is 23.6 Å². The van der Waals surface area contributed by atoms with Crippen LogP contribution < -0.4 is 16.0 Å². The van der Waals surface area contributed by atoms with Crippen LogP contribution in [-0.2, 0) is 6.61 Å². The first-order valence-corrected chi connectivity index (χ1v) is 6.72. The van der Waals surface area contributed by atoms with Gasteiger partial charge in [0, 0.05) is 17.0 Å². The van der Waals surface area contributed by atoms with Crippen LogP contribution >= 0.6 is 11.3 Å². The fourth-order valence-corrected chi connectivity index (χ4v) is 2.32. The van der Waals surface area contributed by atoms with E-state index in [0.717, 1.165) is 11.3 Å². The van der Waals surface area contributed by atoms with Gasteiger partial charge in [0.25, 0.3) is 11.6 Å². The molecule has 0 saturated heterocycles. The lowest BCUT2D eigenvalue weighted by molar-refractivity contribution is -0.385. The number of amides is 1. The lowest BCUT2D eigenvalue weighted by Gasteiger charge is -2.05. The molecule has 3 N–H and O–H groups in total. The number of nitrogens with zero attached hydrogens (tertiary/aromatic N) is 2. The fraction of sp³-hybridized carbons (Fsp3) is 0.167. The van der Waals surface area contributed by atoms with Crippen molar-refractivity contribution in [3.63, 3.8) is 0 Å². The Hall–Kier alpha value is -2.52. The number of nitro benzene ring substituents is 1. The number of hydrogen-bond donors (Lipinski definition) is 2. The number of aryl methyl sites for hydroxylation is 1. The first kappa shape index (κ1) is 14.9. The van der Waals surface area contributed by atoms with Gasteiger partial charge in [-0.2, -0.15) is 0 Å². The maximum atomic E-state index is 11.3. The van der Waals surface area contributed by atoms with E-state index in [0.29, 0.717) is 17.0 Å². The van der Waals surface area contributed by atoms with Crippen molar-refractivity contribution in [1.82, 2.24) is 10.4 Å². The van der Waals surface area contributed by atoms with E-state index in [9.17, 15) is 14.9 Å². The van der Waals surface area contributed by atoms with E-state index < -0.39 is 10.8 Å². The van der Waals surface area contributed by atoms with Crippen LogP contribution in [0.1, 0.15) is 21.1 Å².